The van der Waals surface area contributed by atoms with Gasteiger partial charge in [0.25, 0.3) is 0 Å². The van der Waals surface area contributed by atoms with Crippen LogP contribution >= 0.6 is 0 Å². The van der Waals surface area contributed by atoms with E-state index in [1.165, 1.54) is 0 Å². The van der Waals surface area contributed by atoms with Crippen molar-refractivity contribution >= 4 is 0 Å². The second kappa shape index (κ2) is 24.2. The van der Waals surface area contributed by atoms with E-state index in [2.05, 4.69) is 17.7 Å². The van der Waals surface area contributed by atoms with Gasteiger partial charge in [-0.1, -0.05) is 0 Å². The van der Waals surface area contributed by atoms with Gasteiger partial charge in [0.05, 0.1) is 0 Å². The highest BCUT2D eigenvalue weighted by molar-refractivity contribution is 4.73. The molecular weight excluding hydrogens is 74.1 g/mol. The van der Waals surface area contributed by atoms with Crippen LogP contribution in [0.5, 0.6) is 0 Å². The van der Waals surface area contributed by atoms with Crippen LogP contribution in [-0.2, 0) is 0 Å². The molecular formula is C5H11N. The molecule has 0 aromatic rings. The Kier molecular flexibility index (Phi) is 36.8. The van der Waals surface area contributed by atoms with Crippen molar-refractivity contribution in [1.29, 1.82) is 0 Å². The van der Waals surface area contributed by atoms with Gasteiger partial charge in [0.1, 0.15) is 0 Å². The van der Waals surface area contributed by atoms with Crippen molar-refractivity contribution in [2.24, 2.45) is 0 Å². The van der Waals surface area contributed by atoms with Crippen molar-refractivity contribution in [1.82, 2.24) is 5.32 Å². The van der Waals surface area contributed by atoms with Gasteiger partial charge in [0.15, 0.2) is 0 Å². The van der Waals surface area contributed by atoms with Crippen LogP contribution in [-0.4, -0.2) is 14.1 Å². The third-order valence-corrected chi connectivity index (χ3v) is 0. The molecule has 0 aromatic heterocycles. The third kappa shape index (κ3) is 97.0. The lowest BCUT2D eigenvalue weighted by Gasteiger charge is -1.59. The van der Waals surface area contributed by atoms with Crippen molar-refractivity contribution < 1.29 is 0 Å². The second-order valence-corrected chi connectivity index (χ2v) is 0.789. The molecule has 0 aliphatic carbocycles. The first-order valence-corrected chi connectivity index (χ1v) is 1.79. The maximum absolute atomic E-state index is 4.60. The van der Waals surface area contributed by atoms with Gasteiger partial charge in [-0.05, 0) is 21.0 Å². The molecule has 1 nitrogen and oxygen atoms in total. The number of hydrogen-bond donors (Lipinski definition) is 1. The topological polar surface area (TPSA) is 12.0 Å². The van der Waals surface area contributed by atoms with Crippen molar-refractivity contribution in [2.45, 2.75) is 6.92 Å². The number of nitrogens with one attached hydrogen (secondary N) is 1. The van der Waals surface area contributed by atoms with Gasteiger partial charge in [-0.25, -0.2) is 0 Å². The number of hydrogen-bond acceptors (Lipinski definition) is 1. The van der Waals surface area contributed by atoms with Crippen LogP contribution in [0, 0.1) is 12.3 Å². The molecule has 1 N–H and O–H groups in total. The minimum absolute atomic E-state index is 1.65. The lowest BCUT2D eigenvalue weighted by Crippen LogP contribution is -1.89. The van der Waals surface area contributed by atoms with Crippen molar-refractivity contribution in [2.75, 3.05) is 14.1 Å². The molecule has 0 saturated carbocycles. The fraction of sp³-hybridized carbons (Fsp3) is 0.600. The first-order valence-electron chi connectivity index (χ1n) is 1.79. The first kappa shape index (κ1) is 9.10. The maximum Gasteiger partial charge on any atom is -0.00297 e. The number of rotatable bonds is 0. The Morgan fingerprint density at radius 1 is 1.50 bits per heavy atom. The Morgan fingerprint density at radius 3 is 1.50 bits per heavy atom. The van der Waals surface area contributed by atoms with E-state index in [0.29, 0.717) is 0 Å². The summed E-state index contributed by atoms with van der Waals surface area (Å²) in [5.74, 6) is 2.25. The van der Waals surface area contributed by atoms with Crippen molar-refractivity contribution in [3.05, 3.63) is 0 Å². The summed E-state index contributed by atoms with van der Waals surface area (Å²) in [7, 11) is 3.75. The second-order valence-electron chi connectivity index (χ2n) is 0.789. The highest BCUT2D eigenvalue weighted by atomic mass is 14.7. The zero-order valence-corrected chi connectivity index (χ0v) is 4.58. The Balaban J connectivity index is 0. The normalized spacial score (nSPS) is 4.33. The summed E-state index contributed by atoms with van der Waals surface area (Å²) in [6, 6.07) is 0. The van der Waals surface area contributed by atoms with E-state index in [1.54, 1.807) is 6.92 Å². The van der Waals surface area contributed by atoms with E-state index < -0.39 is 0 Å². The summed E-state index contributed by atoms with van der Waals surface area (Å²) in [6.45, 7) is 1.65. The molecule has 0 radical (unpaired) electrons. The minimum atomic E-state index is 1.65. The summed E-state index contributed by atoms with van der Waals surface area (Å²) in [4.78, 5) is 0. The fourth-order valence-corrected chi connectivity index (χ4v) is 0. The van der Waals surface area contributed by atoms with Gasteiger partial charge in [-0.3, -0.25) is 0 Å². The van der Waals surface area contributed by atoms with Crippen LogP contribution in [0.4, 0.5) is 0 Å². The summed E-state index contributed by atoms with van der Waals surface area (Å²) in [5.41, 5.74) is 0. The highest BCUT2D eigenvalue weighted by Gasteiger charge is 1.25. The van der Waals surface area contributed by atoms with Gasteiger partial charge in [0, 0.05) is 0 Å². The molecule has 0 aliphatic rings. The van der Waals surface area contributed by atoms with E-state index in [4.69, 9.17) is 0 Å². The zero-order valence-electron chi connectivity index (χ0n) is 4.58. The summed E-state index contributed by atoms with van der Waals surface area (Å²) in [6.07, 6.45) is 4.60. The van der Waals surface area contributed by atoms with Crippen LogP contribution in [0.3, 0.4) is 0 Å². The Bertz CT molecular complexity index is 33.7. The molecule has 0 bridgehead atoms. The van der Waals surface area contributed by atoms with Crippen LogP contribution < -0.4 is 5.32 Å². The lowest BCUT2D eigenvalue weighted by atomic mass is 10.9. The average Bonchev–Trinajstić information content (AvgIpc) is 1.39. The molecule has 0 amide bonds. The molecule has 0 heterocycles. The molecule has 0 spiro atoms. The molecule has 0 rings (SSSR count). The molecule has 1 heteroatoms. The molecule has 0 fully saturated rings. The van der Waals surface area contributed by atoms with Gasteiger partial charge >= 0.3 is 0 Å². The monoisotopic (exact) mass is 85.1 g/mol. The predicted molar refractivity (Wildman–Crippen MR) is 29.5 cm³/mol. The summed E-state index contributed by atoms with van der Waals surface area (Å²) in [5, 5.41) is 2.75. The fourth-order valence-electron chi connectivity index (χ4n) is 0. The molecule has 0 saturated heterocycles. The standard InChI is InChI=1S/C3H4.C2H7N/c2*1-3-2/h1H,2H3;3H,1-2H3. The Labute approximate surface area is 39.8 Å². The third-order valence-electron chi connectivity index (χ3n) is 0. The first-order chi connectivity index (χ1) is 2.83. The van der Waals surface area contributed by atoms with Crippen LogP contribution in [0.2, 0.25) is 0 Å². The largest absolute Gasteiger partial charge is 0.323 e. The molecule has 0 unspecified atom stereocenters. The quantitative estimate of drug-likeness (QED) is 0.422. The van der Waals surface area contributed by atoms with Crippen molar-refractivity contribution in [3.63, 3.8) is 0 Å². The van der Waals surface area contributed by atoms with Gasteiger partial charge in [-0.2, -0.15) is 0 Å². The highest BCUT2D eigenvalue weighted by Crippen LogP contribution is 1.21. The van der Waals surface area contributed by atoms with E-state index in [9.17, 15) is 0 Å². The molecule has 0 atom stereocenters. The van der Waals surface area contributed by atoms with Crippen LogP contribution in [0.15, 0.2) is 0 Å². The predicted octanol–water partition coefficient (Wildman–Crippen LogP) is 0.475. The van der Waals surface area contributed by atoms with Gasteiger partial charge < -0.3 is 5.32 Å². The van der Waals surface area contributed by atoms with E-state index in [-0.39, 0.29) is 0 Å². The van der Waals surface area contributed by atoms with Crippen molar-refractivity contribution in [3.8, 4) is 12.3 Å². The van der Waals surface area contributed by atoms with Crippen LogP contribution in [0.1, 0.15) is 6.92 Å². The molecule has 0 aliphatic heterocycles. The zero-order chi connectivity index (χ0) is 5.41. The minimum Gasteiger partial charge on any atom is -0.323 e. The number of terminal acetylenes is 1. The van der Waals surface area contributed by atoms with Crippen LogP contribution in [0.25, 0.3) is 0 Å². The van der Waals surface area contributed by atoms with E-state index in [0.717, 1.165) is 0 Å². The van der Waals surface area contributed by atoms with Gasteiger partial charge in [-0.15, -0.1) is 12.3 Å². The Hall–Kier alpha value is -0.480. The molecule has 36 valence electrons. The Morgan fingerprint density at radius 2 is 1.50 bits per heavy atom. The summed E-state index contributed by atoms with van der Waals surface area (Å²) < 4.78 is 0. The maximum atomic E-state index is 4.60. The molecule has 0 aromatic carbocycles. The van der Waals surface area contributed by atoms with E-state index >= 15 is 0 Å². The van der Waals surface area contributed by atoms with Gasteiger partial charge in [0.2, 0.25) is 0 Å². The SMILES string of the molecule is C#CC.CNC. The summed E-state index contributed by atoms with van der Waals surface area (Å²) >= 11 is 0. The molecule has 6 heavy (non-hydrogen) atoms. The average molecular weight is 85.1 g/mol. The lowest BCUT2D eigenvalue weighted by molar-refractivity contribution is 1.02. The van der Waals surface area contributed by atoms with E-state index in [1.807, 2.05) is 14.1 Å². The smallest absolute Gasteiger partial charge is 0.00297 e.